The van der Waals surface area contributed by atoms with Crippen LogP contribution in [0, 0.1) is 40.4 Å². The molecule has 16 nitrogen and oxygen atoms in total. The van der Waals surface area contributed by atoms with Crippen molar-refractivity contribution in [3.8, 4) is 5.75 Å². The monoisotopic (exact) mass is 900 g/mol. The molecule has 1 aromatic rings. The van der Waals surface area contributed by atoms with Crippen molar-refractivity contribution in [1.82, 2.24) is 0 Å². The van der Waals surface area contributed by atoms with E-state index >= 15 is 0 Å². The van der Waals surface area contributed by atoms with Gasteiger partial charge in [-0.1, -0.05) is 30.2 Å². The Bertz CT molecular complexity index is 1920. The van der Waals surface area contributed by atoms with Crippen LogP contribution in [-0.4, -0.2) is 149 Å². The van der Waals surface area contributed by atoms with Gasteiger partial charge < -0.3 is 73.3 Å². The molecule has 0 amide bonds. The van der Waals surface area contributed by atoms with Crippen LogP contribution in [0.4, 0.5) is 0 Å². The molecule has 1 spiro atoms. The number of carbonyl (C=O) groups is 1. The molecule has 4 aliphatic heterocycles. The normalized spacial score (nSPS) is 49.4. The number of benzene rings is 1. The van der Waals surface area contributed by atoms with E-state index in [4.69, 9.17) is 42.6 Å². The van der Waals surface area contributed by atoms with Gasteiger partial charge in [0, 0.05) is 18.4 Å². The Hall–Kier alpha value is -2.55. The van der Waals surface area contributed by atoms with E-state index in [1.165, 1.54) is 24.8 Å². The van der Waals surface area contributed by atoms with Crippen molar-refractivity contribution >= 4 is 5.97 Å². The first-order chi connectivity index (χ1) is 30.5. The van der Waals surface area contributed by atoms with Crippen molar-refractivity contribution < 1.29 is 78.1 Å². The molecule has 4 aliphatic carbocycles. The zero-order valence-electron chi connectivity index (χ0n) is 37.9. The van der Waals surface area contributed by atoms with Gasteiger partial charge in [0.15, 0.2) is 31.3 Å². The molecule has 4 saturated heterocycles. The average Bonchev–Trinajstić information content (AvgIpc) is 3.76. The van der Waals surface area contributed by atoms with E-state index in [2.05, 4.69) is 26.0 Å². The van der Waals surface area contributed by atoms with E-state index in [0.717, 1.165) is 37.7 Å². The first-order valence-electron chi connectivity index (χ1n) is 23.2. The molecule has 0 bridgehead atoms. The van der Waals surface area contributed by atoms with Crippen molar-refractivity contribution in [2.24, 2.45) is 40.4 Å². The summed E-state index contributed by atoms with van der Waals surface area (Å²) in [5.41, 5.74) is 1.63. The van der Waals surface area contributed by atoms with Crippen LogP contribution in [0.2, 0.25) is 0 Å². The van der Waals surface area contributed by atoms with Crippen LogP contribution in [0.15, 0.2) is 47.6 Å². The second kappa shape index (κ2) is 17.5. The first-order valence-corrected chi connectivity index (χ1v) is 23.2. The zero-order valence-corrected chi connectivity index (χ0v) is 37.9. The highest BCUT2D eigenvalue weighted by Gasteiger charge is 2.77. The van der Waals surface area contributed by atoms with Crippen molar-refractivity contribution in [2.45, 2.75) is 171 Å². The minimum Gasteiger partial charge on any atom is -0.497 e. The Labute approximate surface area is 374 Å². The first kappa shape index (κ1) is 46.6. The van der Waals surface area contributed by atoms with E-state index in [9.17, 15) is 35.4 Å². The van der Waals surface area contributed by atoms with Gasteiger partial charge in [-0.2, -0.15) is 0 Å². The fraction of sp³-hybridized carbons (Fsp3) is 0.771. The van der Waals surface area contributed by atoms with Crippen molar-refractivity contribution in [3.05, 3.63) is 53.1 Å². The number of methoxy groups -OCH3 is 2. The second-order valence-electron chi connectivity index (χ2n) is 20.4. The lowest BCUT2D eigenvalue weighted by atomic mass is 9.46. The molecule has 9 rings (SSSR count). The minimum atomic E-state index is -1.74. The van der Waals surface area contributed by atoms with Crippen LogP contribution in [0.5, 0.6) is 5.75 Å². The van der Waals surface area contributed by atoms with E-state index in [-0.39, 0.29) is 46.4 Å². The summed E-state index contributed by atoms with van der Waals surface area (Å²) >= 11 is 0. The van der Waals surface area contributed by atoms with E-state index < -0.39 is 92.2 Å². The third kappa shape index (κ3) is 7.42. The Morgan fingerprint density at radius 2 is 1.61 bits per heavy atom. The maximum Gasteiger partial charge on any atom is 0.338 e. The summed E-state index contributed by atoms with van der Waals surface area (Å²) in [6.07, 6.45) is -5.87. The highest BCUT2D eigenvalue weighted by molar-refractivity contribution is 5.89. The fourth-order valence-corrected chi connectivity index (χ4v) is 13.9. The number of aliphatic hydroxyl groups excluding tert-OH is 6. The summed E-state index contributed by atoms with van der Waals surface area (Å²) in [5.74, 6) is 0.612. The Kier molecular flexibility index (Phi) is 12.7. The SMILES string of the molecule is COc1ccc(C(=O)O[C@@H]2[C@H](O)[C@@H](O)[C@H](O[C@@H]3[C@H](O[C@H]4CC[C@@]5(C)C(=CC[C@H]6[C@@H]7C[C@@H]8O[C@@H](O)[C@H](C=C(C)C)[C@]9(C)O[C@@H](OC)C7(CC[C@@H]65)[C@H]89)C4)O[C@@H](CO)[C@@H](O)[C@@H]3O)O[C@H]2C)cc1. The Balaban J connectivity index is 0.895. The minimum absolute atomic E-state index is 0.0835. The quantitative estimate of drug-likeness (QED) is 0.147. The van der Waals surface area contributed by atoms with Crippen LogP contribution < -0.4 is 4.74 Å². The van der Waals surface area contributed by atoms with Gasteiger partial charge in [0.05, 0.1) is 49.1 Å². The predicted octanol–water partition coefficient (Wildman–Crippen LogP) is 3.13. The summed E-state index contributed by atoms with van der Waals surface area (Å²) in [6, 6.07) is 6.22. The number of ether oxygens (including phenoxy) is 9. The standard InChI is InChI=1S/C48H68O16/c1-22(2)18-31-42(55)60-32-20-30-28-13-10-25-19-27(14-16-46(25,4)29(28)15-17-48(30)40(32)47(31,5)64-45(48)57-7)59-44-39(35(51)34(50)33(21-49)61-44)63-43-37(53)36(52)38(23(3)58-43)62-41(54)24-8-11-26(56-6)12-9-24/h8-12,18,23,27-40,42-45,49-53,55H,13-17,19-21H2,1-7H3/t23-,27-,28+,29-,30-,31-,32-,33-,34+,35-,36+,37+,38-,39-,40+,42+,43-,44+,45+,46-,47-,48?/m0/s1. The second-order valence-corrected chi connectivity index (χ2v) is 20.4. The van der Waals surface area contributed by atoms with E-state index in [1.54, 1.807) is 26.2 Å². The van der Waals surface area contributed by atoms with Crippen LogP contribution >= 0.6 is 0 Å². The summed E-state index contributed by atoms with van der Waals surface area (Å²) < 4.78 is 55.2. The van der Waals surface area contributed by atoms with Gasteiger partial charge in [0.1, 0.15) is 42.4 Å². The summed E-state index contributed by atoms with van der Waals surface area (Å²) in [7, 11) is 3.25. The number of hydrogen-bond donors (Lipinski definition) is 6. The molecular weight excluding hydrogens is 833 g/mol. The molecule has 16 heteroatoms. The van der Waals surface area contributed by atoms with Crippen LogP contribution in [0.1, 0.15) is 89.9 Å². The summed E-state index contributed by atoms with van der Waals surface area (Å²) in [4.78, 5) is 13.0. The van der Waals surface area contributed by atoms with Gasteiger partial charge in [-0.05, 0) is 120 Å². The zero-order chi connectivity index (χ0) is 45.6. The number of fused-ring (bicyclic) bond motifs is 4. The third-order valence-electron chi connectivity index (χ3n) is 16.9. The van der Waals surface area contributed by atoms with Gasteiger partial charge >= 0.3 is 5.97 Å². The third-order valence-corrected chi connectivity index (χ3v) is 16.9. The number of carbonyl (C=O) groups excluding carboxylic acids is 1. The maximum absolute atomic E-state index is 13.0. The molecule has 1 unspecified atom stereocenters. The summed E-state index contributed by atoms with van der Waals surface area (Å²) in [5, 5.41) is 66.3. The molecule has 7 fully saturated rings. The van der Waals surface area contributed by atoms with Crippen LogP contribution in [0.3, 0.4) is 0 Å². The fourth-order valence-electron chi connectivity index (χ4n) is 13.9. The molecule has 0 aromatic heterocycles. The van der Waals surface area contributed by atoms with Crippen molar-refractivity contribution in [2.75, 3.05) is 20.8 Å². The number of allylic oxidation sites excluding steroid dienone is 2. The van der Waals surface area contributed by atoms with Gasteiger partial charge in [0.25, 0.3) is 0 Å². The van der Waals surface area contributed by atoms with Gasteiger partial charge in [-0.15, -0.1) is 0 Å². The smallest absolute Gasteiger partial charge is 0.338 e. The highest BCUT2D eigenvalue weighted by atomic mass is 16.8. The van der Waals surface area contributed by atoms with Gasteiger partial charge in [0.2, 0.25) is 0 Å². The molecule has 3 saturated carbocycles. The molecule has 64 heavy (non-hydrogen) atoms. The largest absolute Gasteiger partial charge is 0.497 e. The number of aliphatic hydroxyl groups is 6. The predicted molar refractivity (Wildman–Crippen MR) is 225 cm³/mol. The number of hydrogen-bond acceptors (Lipinski definition) is 16. The van der Waals surface area contributed by atoms with Gasteiger partial charge in [-0.25, -0.2) is 4.79 Å². The molecule has 8 aliphatic rings. The van der Waals surface area contributed by atoms with Crippen molar-refractivity contribution in [3.63, 3.8) is 0 Å². The highest BCUT2D eigenvalue weighted by Crippen LogP contribution is 2.74. The van der Waals surface area contributed by atoms with Crippen molar-refractivity contribution in [1.29, 1.82) is 0 Å². The molecular formula is C48H68O16. The number of esters is 1. The molecule has 356 valence electrons. The lowest BCUT2D eigenvalue weighted by Crippen LogP contribution is -2.64. The van der Waals surface area contributed by atoms with E-state index in [1.807, 2.05) is 13.8 Å². The summed E-state index contributed by atoms with van der Waals surface area (Å²) in [6.45, 7) is 9.56. The molecule has 4 heterocycles. The molecule has 22 atom stereocenters. The lowest BCUT2D eigenvalue weighted by molar-refractivity contribution is -0.369. The van der Waals surface area contributed by atoms with Gasteiger partial charge in [-0.3, -0.25) is 0 Å². The maximum atomic E-state index is 13.0. The molecule has 0 radical (unpaired) electrons. The Morgan fingerprint density at radius 1 is 0.875 bits per heavy atom. The molecule has 1 aromatic carbocycles. The topological polar surface area (TPSA) is 222 Å². The molecule has 6 N–H and O–H groups in total. The van der Waals surface area contributed by atoms with Crippen LogP contribution in [-0.2, 0) is 37.9 Å². The van der Waals surface area contributed by atoms with Crippen LogP contribution in [0.25, 0.3) is 0 Å². The average molecular weight is 901 g/mol. The van der Waals surface area contributed by atoms with E-state index in [0.29, 0.717) is 30.4 Å². The number of rotatable bonds is 10. The lowest BCUT2D eigenvalue weighted by Gasteiger charge is -2.58. The Morgan fingerprint density at radius 3 is 2.30 bits per heavy atom.